The topological polar surface area (TPSA) is 95.1 Å². The third kappa shape index (κ3) is 2.10. The summed E-state index contributed by atoms with van der Waals surface area (Å²) in [6.45, 7) is 1.37. The lowest BCUT2D eigenvalue weighted by Gasteiger charge is -2.17. The van der Waals surface area contributed by atoms with Gasteiger partial charge in [0.25, 0.3) is 0 Å². The van der Waals surface area contributed by atoms with Crippen molar-refractivity contribution in [3.63, 3.8) is 0 Å². The number of nitriles is 1. The Morgan fingerprint density at radius 3 is 3.06 bits per heavy atom. The van der Waals surface area contributed by atoms with Gasteiger partial charge in [-0.2, -0.15) is 5.26 Å². The smallest absolute Gasteiger partial charge is 0.329 e. The largest absolute Gasteiger partial charge is 0.349 e. The van der Waals surface area contributed by atoms with Crippen molar-refractivity contribution in [1.29, 1.82) is 5.26 Å². The second-order valence-corrected chi connectivity index (χ2v) is 4.12. The van der Waals surface area contributed by atoms with Crippen LogP contribution >= 0.6 is 0 Å². The Balaban J connectivity index is 2.40. The molecular weight excluding hydrogens is 234 g/mol. The van der Waals surface area contributed by atoms with E-state index in [0.717, 1.165) is 6.42 Å². The molecule has 0 aliphatic carbocycles. The number of hydrogen-bond acceptors (Lipinski definition) is 6. The van der Waals surface area contributed by atoms with E-state index < -0.39 is 4.92 Å². The minimum Gasteiger partial charge on any atom is -0.349 e. The highest BCUT2D eigenvalue weighted by molar-refractivity contribution is 5.65. The first-order chi connectivity index (χ1) is 8.67. The molecule has 0 aromatic carbocycles. The van der Waals surface area contributed by atoms with Crippen LogP contribution in [0.25, 0.3) is 0 Å². The predicted octanol–water partition coefficient (Wildman–Crippen LogP) is 0.660. The minimum atomic E-state index is -0.534. The maximum Gasteiger partial charge on any atom is 0.329 e. The van der Waals surface area contributed by atoms with Crippen LogP contribution in [0.3, 0.4) is 0 Å². The van der Waals surface area contributed by atoms with Gasteiger partial charge in [0.1, 0.15) is 11.6 Å². The van der Waals surface area contributed by atoms with Crippen LogP contribution in [0.15, 0.2) is 12.3 Å². The van der Waals surface area contributed by atoms with Gasteiger partial charge in [-0.1, -0.05) is 0 Å². The molecule has 2 rings (SSSR count). The molecule has 1 aromatic heterocycles. The predicted molar refractivity (Wildman–Crippen MR) is 65.3 cm³/mol. The van der Waals surface area contributed by atoms with E-state index in [9.17, 15) is 10.1 Å². The summed E-state index contributed by atoms with van der Waals surface area (Å²) in [5, 5.41) is 23.1. The highest BCUT2D eigenvalue weighted by Crippen LogP contribution is 2.31. The first-order valence-corrected chi connectivity index (χ1v) is 5.63. The highest BCUT2D eigenvalue weighted by Gasteiger charge is 2.30. The first kappa shape index (κ1) is 12.3. The molecule has 0 amide bonds. The van der Waals surface area contributed by atoms with E-state index >= 15 is 0 Å². The van der Waals surface area contributed by atoms with Crippen LogP contribution in [-0.4, -0.2) is 36.1 Å². The second-order valence-electron chi connectivity index (χ2n) is 4.12. The van der Waals surface area contributed by atoms with Gasteiger partial charge in [-0.3, -0.25) is 10.1 Å². The number of nitrogens with one attached hydrogen (secondary N) is 1. The Hall–Kier alpha value is -2.20. The Bertz CT molecular complexity index is 511. The van der Waals surface area contributed by atoms with Gasteiger partial charge in [-0.25, -0.2) is 4.98 Å². The maximum atomic E-state index is 11.1. The molecule has 7 heteroatoms. The van der Waals surface area contributed by atoms with E-state index in [2.05, 4.69) is 10.3 Å². The molecule has 1 N–H and O–H groups in total. The van der Waals surface area contributed by atoms with Crippen molar-refractivity contribution < 1.29 is 4.92 Å². The van der Waals surface area contributed by atoms with E-state index in [0.29, 0.717) is 19.1 Å². The monoisotopic (exact) mass is 247 g/mol. The summed E-state index contributed by atoms with van der Waals surface area (Å²) in [6, 6.07) is 3.51. The highest BCUT2D eigenvalue weighted by atomic mass is 16.6. The van der Waals surface area contributed by atoms with Crippen LogP contribution < -0.4 is 10.2 Å². The first-order valence-electron chi connectivity index (χ1n) is 5.63. The van der Waals surface area contributed by atoms with E-state index in [-0.39, 0.29) is 17.1 Å². The summed E-state index contributed by atoms with van der Waals surface area (Å²) in [6.07, 6.45) is 2.35. The zero-order valence-electron chi connectivity index (χ0n) is 9.96. The Morgan fingerprint density at radius 1 is 1.72 bits per heavy atom. The van der Waals surface area contributed by atoms with Crippen LogP contribution in [0.2, 0.25) is 0 Å². The van der Waals surface area contributed by atoms with Crippen LogP contribution in [0.5, 0.6) is 0 Å². The molecule has 1 aromatic rings. The van der Waals surface area contributed by atoms with E-state index in [1.165, 1.54) is 12.3 Å². The fourth-order valence-electron chi connectivity index (χ4n) is 2.13. The molecule has 0 saturated carbocycles. The normalized spacial score (nSPS) is 18.7. The van der Waals surface area contributed by atoms with Crippen molar-refractivity contribution in [3.05, 3.63) is 27.9 Å². The number of hydrogen-bond donors (Lipinski definition) is 1. The molecular formula is C11H13N5O2. The zero-order valence-corrected chi connectivity index (χ0v) is 9.96. The summed E-state index contributed by atoms with van der Waals surface area (Å²) in [7, 11) is 1.86. The lowest BCUT2D eigenvalue weighted by Crippen LogP contribution is -2.30. The SMILES string of the molecule is CNC1CCN(c2nccc(C#N)c2[N+](=O)[O-])C1. The standard InChI is InChI=1S/C11H13N5O2/c1-13-9-3-5-15(7-9)11-10(16(17)18)8(6-12)2-4-14-11/h2,4,9,13H,3,5,7H2,1H3. The van der Waals surface area contributed by atoms with Crippen molar-refractivity contribution in [2.45, 2.75) is 12.5 Å². The van der Waals surface area contributed by atoms with Gasteiger partial charge in [0.2, 0.25) is 5.82 Å². The number of rotatable bonds is 3. The van der Waals surface area contributed by atoms with Gasteiger partial charge in [-0.15, -0.1) is 0 Å². The molecule has 0 spiro atoms. The zero-order chi connectivity index (χ0) is 13.1. The van der Waals surface area contributed by atoms with Crippen molar-refractivity contribution >= 4 is 11.5 Å². The summed E-state index contributed by atoms with van der Waals surface area (Å²) in [4.78, 5) is 16.5. The molecule has 1 aliphatic rings. The summed E-state index contributed by atoms with van der Waals surface area (Å²) < 4.78 is 0. The second kappa shape index (κ2) is 4.98. The van der Waals surface area contributed by atoms with Gasteiger partial charge < -0.3 is 10.2 Å². The summed E-state index contributed by atoms with van der Waals surface area (Å²) in [5.41, 5.74) is -0.144. The lowest BCUT2D eigenvalue weighted by molar-refractivity contribution is -0.384. The van der Waals surface area contributed by atoms with Crippen molar-refractivity contribution in [3.8, 4) is 6.07 Å². The van der Waals surface area contributed by atoms with E-state index in [1.54, 1.807) is 0 Å². The third-order valence-electron chi connectivity index (χ3n) is 3.10. The van der Waals surface area contributed by atoms with Crippen molar-refractivity contribution in [2.24, 2.45) is 0 Å². The van der Waals surface area contributed by atoms with E-state index in [1.807, 2.05) is 18.0 Å². The average molecular weight is 247 g/mol. The molecule has 0 bridgehead atoms. The van der Waals surface area contributed by atoms with Gasteiger partial charge in [0, 0.05) is 25.3 Å². The molecule has 1 saturated heterocycles. The lowest BCUT2D eigenvalue weighted by atomic mass is 10.2. The number of nitrogens with zero attached hydrogens (tertiary/aromatic N) is 4. The van der Waals surface area contributed by atoms with Crippen LogP contribution in [0.4, 0.5) is 11.5 Å². The molecule has 1 fully saturated rings. The fourth-order valence-corrected chi connectivity index (χ4v) is 2.13. The van der Waals surface area contributed by atoms with Crippen molar-refractivity contribution in [1.82, 2.24) is 10.3 Å². The molecule has 1 aliphatic heterocycles. The Kier molecular flexibility index (Phi) is 3.39. The van der Waals surface area contributed by atoms with Gasteiger partial charge >= 0.3 is 5.69 Å². The fraction of sp³-hybridized carbons (Fsp3) is 0.455. The summed E-state index contributed by atoms with van der Waals surface area (Å²) >= 11 is 0. The molecule has 18 heavy (non-hydrogen) atoms. The van der Waals surface area contributed by atoms with Crippen LogP contribution in [-0.2, 0) is 0 Å². The molecule has 94 valence electrons. The van der Waals surface area contributed by atoms with Gasteiger partial charge in [-0.05, 0) is 19.5 Å². The summed E-state index contributed by atoms with van der Waals surface area (Å²) in [5.74, 6) is 0.289. The quantitative estimate of drug-likeness (QED) is 0.622. The molecule has 1 unspecified atom stereocenters. The van der Waals surface area contributed by atoms with E-state index in [4.69, 9.17) is 5.26 Å². The number of anilines is 1. The number of nitro groups is 1. The molecule has 1 atom stereocenters. The van der Waals surface area contributed by atoms with Gasteiger partial charge in [0.15, 0.2) is 0 Å². The Labute approximate surface area is 104 Å². The third-order valence-corrected chi connectivity index (χ3v) is 3.10. The Morgan fingerprint density at radius 2 is 2.50 bits per heavy atom. The van der Waals surface area contributed by atoms with Gasteiger partial charge in [0.05, 0.1) is 4.92 Å². The molecule has 0 radical (unpaired) electrons. The molecule has 7 nitrogen and oxygen atoms in total. The number of pyridine rings is 1. The molecule has 2 heterocycles. The van der Waals surface area contributed by atoms with Crippen LogP contribution in [0, 0.1) is 21.4 Å². The van der Waals surface area contributed by atoms with Crippen molar-refractivity contribution in [2.75, 3.05) is 25.0 Å². The van der Waals surface area contributed by atoms with Crippen LogP contribution in [0.1, 0.15) is 12.0 Å². The minimum absolute atomic E-state index is 0.0536. The number of likely N-dealkylation sites (N-methyl/N-ethyl adjacent to an activating group) is 1. The maximum absolute atomic E-state index is 11.1. The number of aromatic nitrogens is 1. The average Bonchev–Trinajstić information content (AvgIpc) is 2.86.